The Hall–Kier alpha value is -3.64. The van der Waals surface area contributed by atoms with Gasteiger partial charge in [-0.15, -0.1) is 0 Å². The van der Waals surface area contributed by atoms with Gasteiger partial charge in [0.15, 0.2) is 0 Å². The molecule has 178 valence electrons. The number of amides is 1. The fourth-order valence-electron chi connectivity index (χ4n) is 4.59. The molecule has 1 N–H and O–H groups in total. The summed E-state index contributed by atoms with van der Waals surface area (Å²) < 4.78 is 5.94. The number of anilines is 2. The molecule has 4 rings (SSSR count). The summed E-state index contributed by atoms with van der Waals surface area (Å²) in [4.78, 5) is 27.2. The second kappa shape index (κ2) is 11.0. The predicted octanol–water partition coefficient (Wildman–Crippen LogP) is 3.55. The van der Waals surface area contributed by atoms with Crippen LogP contribution in [-0.4, -0.2) is 60.7 Å². The van der Waals surface area contributed by atoms with E-state index in [0.29, 0.717) is 18.8 Å². The quantitative estimate of drug-likeness (QED) is 0.494. The van der Waals surface area contributed by atoms with Gasteiger partial charge in [0.2, 0.25) is 5.91 Å². The summed E-state index contributed by atoms with van der Waals surface area (Å²) in [7, 11) is 0. The number of non-ortho nitro benzene ring substituents is 1. The predicted molar refractivity (Wildman–Crippen MR) is 129 cm³/mol. The van der Waals surface area contributed by atoms with Crippen molar-refractivity contribution in [2.75, 3.05) is 43.0 Å². The van der Waals surface area contributed by atoms with Crippen molar-refractivity contribution >= 4 is 23.0 Å². The van der Waals surface area contributed by atoms with E-state index in [1.54, 1.807) is 6.07 Å². The highest BCUT2D eigenvalue weighted by Crippen LogP contribution is 2.27. The van der Waals surface area contributed by atoms with Gasteiger partial charge < -0.3 is 19.9 Å². The first-order valence-corrected chi connectivity index (χ1v) is 11.7. The smallest absolute Gasteiger partial charge is 0.270 e. The molecule has 1 amide bonds. The first-order chi connectivity index (χ1) is 16.5. The Morgan fingerprint density at radius 3 is 2.44 bits per heavy atom. The molecule has 2 fully saturated rings. The van der Waals surface area contributed by atoms with Gasteiger partial charge >= 0.3 is 0 Å². The van der Waals surface area contributed by atoms with Crippen LogP contribution in [-0.2, 0) is 9.53 Å². The second-order valence-electron chi connectivity index (χ2n) is 8.73. The Bertz CT molecular complexity index is 1040. The summed E-state index contributed by atoms with van der Waals surface area (Å²) in [5.41, 5.74) is 1.98. The molecular formula is C25H29N5O4. The van der Waals surface area contributed by atoms with Gasteiger partial charge in [0.25, 0.3) is 5.69 Å². The molecule has 9 nitrogen and oxygen atoms in total. The van der Waals surface area contributed by atoms with E-state index >= 15 is 0 Å². The van der Waals surface area contributed by atoms with E-state index in [1.807, 2.05) is 29.2 Å². The minimum atomic E-state index is -0.502. The lowest BCUT2D eigenvalue weighted by molar-refractivity contribution is -0.384. The number of para-hydroxylation sites is 1. The van der Waals surface area contributed by atoms with E-state index in [-0.39, 0.29) is 35.9 Å². The lowest BCUT2D eigenvalue weighted by Gasteiger charge is -2.36. The topological polar surface area (TPSA) is 112 Å². The number of benzene rings is 2. The highest BCUT2D eigenvalue weighted by atomic mass is 16.6. The standard InChI is InChI=1S/C25H29N5O4/c26-17-19-16-22(30(32)33)8-11-24(19)27-20-6-9-23(10-7-20)34-18-25(31)29-14-12-28(13-15-29)21-4-2-1-3-5-21/h1-5,8,11,16,20,23,27H,6-7,9-10,12-15,18H2. The van der Waals surface area contributed by atoms with Crippen molar-refractivity contribution in [2.45, 2.75) is 37.8 Å². The first-order valence-electron chi connectivity index (χ1n) is 11.7. The van der Waals surface area contributed by atoms with Crippen LogP contribution in [0.2, 0.25) is 0 Å². The first kappa shape index (κ1) is 23.5. The van der Waals surface area contributed by atoms with Crippen molar-refractivity contribution in [1.29, 1.82) is 5.26 Å². The normalized spacial score (nSPS) is 20.4. The van der Waals surface area contributed by atoms with Crippen molar-refractivity contribution in [3.05, 3.63) is 64.2 Å². The van der Waals surface area contributed by atoms with Gasteiger partial charge in [-0.2, -0.15) is 5.26 Å². The molecule has 1 aliphatic carbocycles. The number of ether oxygens (including phenoxy) is 1. The van der Waals surface area contributed by atoms with Crippen molar-refractivity contribution in [3.63, 3.8) is 0 Å². The number of rotatable bonds is 7. The van der Waals surface area contributed by atoms with E-state index in [4.69, 9.17) is 4.74 Å². The number of carbonyl (C=O) groups is 1. The average molecular weight is 464 g/mol. The summed E-state index contributed by atoms with van der Waals surface area (Å²) in [5.74, 6) is 0.0394. The molecule has 0 unspecified atom stereocenters. The van der Waals surface area contributed by atoms with Crippen molar-refractivity contribution in [2.24, 2.45) is 0 Å². The molecule has 0 spiro atoms. The van der Waals surface area contributed by atoms with Crippen molar-refractivity contribution < 1.29 is 14.5 Å². The lowest BCUT2D eigenvalue weighted by atomic mass is 9.92. The van der Waals surface area contributed by atoms with Crippen LogP contribution < -0.4 is 10.2 Å². The van der Waals surface area contributed by atoms with E-state index in [1.165, 1.54) is 17.8 Å². The molecule has 0 atom stereocenters. The monoisotopic (exact) mass is 463 g/mol. The fourth-order valence-corrected chi connectivity index (χ4v) is 4.59. The number of nitro benzene ring substituents is 1. The summed E-state index contributed by atoms with van der Waals surface area (Å²) in [6.07, 6.45) is 3.37. The zero-order valence-electron chi connectivity index (χ0n) is 19.1. The van der Waals surface area contributed by atoms with E-state index in [0.717, 1.165) is 38.8 Å². The van der Waals surface area contributed by atoms with Gasteiger partial charge in [0.1, 0.15) is 12.7 Å². The van der Waals surface area contributed by atoms with E-state index in [2.05, 4.69) is 22.3 Å². The van der Waals surface area contributed by atoms with Crippen LogP contribution in [0.4, 0.5) is 17.1 Å². The molecule has 1 heterocycles. The van der Waals surface area contributed by atoms with Gasteiger partial charge in [0, 0.05) is 50.0 Å². The van der Waals surface area contributed by atoms with Crippen LogP contribution in [0.15, 0.2) is 48.5 Å². The van der Waals surface area contributed by atoms with E-state index in [9.17, 15) is 20.2 Å². The second-order valence-corrected chi connectivity index (χ2v) is 8.73. The largest absolute Gasteiger partial charge is 0.381 e. The molecule has 34 heavy (non-hydrogen) atoms. The number of piperazine rings is 1. The van der Waals surface area contributed by atoms with Crippen molar-refractivity contribution in [1.82, 2.24) is 4.90 Å². The summed E-state index contributed by atoms with van der Waals surface area (Å²) in [5, 5.41) is 23.6. The number of hydrogen-bond donors (Lipinski definition) is 1. The molecule has 1 aliphatic heterocycles. The van der Waals surface area contributed by atoms with Crippen molar-refractivity contribution in [3.8, 4) is 6.07 Å². The molecule has 1 saturated carbocycles. The Balaban J connectivity index is 1.18. The number of nitrogens with zero attached hydrogens (tertiary/aromatic N) is 4. The maximum Gasteiger partial charge on any atom is 0.270 e. The number of nitro groups is 1. The molecule has 2 aliphatic rings. The Labute approximate surface area is 199 Å². The molecule has 9 heteroatoms. The SMILES string of the molecule is N#Cc1cc([N+](=O)[O-])ccc1NC1CCC(OCC(=O)N2CCN(c3ccccc3)CC2)CC1. The lowest BCUT2D eigenvalue weighted by Crippen LogP contribution is -2.50. The summed E-state index contributed by atoms with van der Waals surface area (Å²) in [6.45, 7) is 3.14. The van der Waals surface area contributed by atoms with Gasteiger partial charge in [0.05, 0.1) is 22.3 Å². The highest BCUT2D eigenvalue weighted by Gasteiger charge is 2.26. The highest BCUT2D eigenvalue weighted by molar-refractivity contribution is 5.77. The van der Waals surface area contributed by atoms with Crippen LogP contribution in [0.3, 0.4) is 0 Å². The maximum absolute atomic E-state index is 12.6. The molecular weight excluding hydrogens is 434 g/mol. The Morgan fingerprint density at radius 1 is 1.09 bits per heavy atom. The Morgan fingerprint density at radius 2 is 1.79 bits per heavy atom. The van der Waals surface area contributed by atoms with Crippen LogP contribution in [0.25, 0.3) is 0 Å². The molecule has 0 bridgehead atoms. The number of nitrogens with one attached hydrogen (secondary N) is 1. The molecule has 0 aromatic heterocycles. The zero-order valence-corrected chi connectivity index (χ0v) is 19.1. The zero-order chi connectivity index (χ0) is 23.9. The molecule has 0 radical (unpaired) electrons. The van der Waals surface area contributed by atoms with E-state index < -0.39 is 4.92 Å². The third-order valence-electron chi connectivity index (χ3n) is 6.56. The summed E-state index contributed by atoms with van der Waals surface area (Å²) >= 11 is 0. The third kappa shape index (κ3) is 5.83. The third-order valence-corrected chi connectivity index (χ3v) is 6.56. The van der Waals surface area contributed by atoms with Gasteiger partial charge in [-0.25, -0.2) is 0 Å². The molecule has 2 aromatic carbocycles. The number of nitriles is 1. The van der Waals surface area contributed by atoms with Gasteiger partial charge in [-0.1, -0.05) is 18.2 Å². The van der Waals surface area contributed by atoms with Gasteiger partial charge in [-0.3, -0.25) is 14.9 Å². The Kier molecular flexibility index (Phi) is 7.60. The average Bonchev–Trinajstić information content (AvgIpc) is 2.88. The maximum atomic E-state index is 12.6. The van der Waals surface area contributed by atoms with Crippen LogP contribution in [0, 0.1) is 21.4 Å². The number of carbonyl (C=O) groups excluding carboxylic acids is 1. The summed E-state index contributed by atoms with van der Waals surface area (Å²) in [6, 6.07) is 16.7. The van der Waals surface area contributed by atoms with Crippen LogP contribution in [0.5, 0.6) is 0 Å². The molecule has 2 aromatic rings. The molecule has 1 saturated heterocycles. The van der Waals surface area contributed by atoms with Crippen LogP contribution >= 0.6 is 0 Å². The minimum Gasteiger partial charge on any atom is -0.381 e. The van der Waals surface area contributed by atoms with Crippen LogP contribution in [0.1, 0.15) is 31.2 Å². The number of hydrogen-bond acceptors (Lipinski definition) is 7. The fraction of sp³-hybridized carbons (Fsp3) is 0.440. The minimum absolute atomic E-state index is 0.0394. The van der Waals surface area contributed by atoms with Gasteiger partial charge in [-0.05, 0) is 43.9 Å².